The van der Waals surface area contributed by atoms with Crippen LogP contribution in [0.5, 0.6) is 0 Å². The lowest BCUT2D eigenvalue weighted by atomic mass is 10.2. The van der Waals surface area contributed by atoms with Gasteiger partial charge in [0.1, 0.15) is 0 Å². The molecule has 0 aliphatic rings. The van der Waals surface area contributed by atoms with Crippen molar-refractivity contribution in [1.29, 1.82) is 0 Å². The molecule has 0 saturated heterocycles. The van der Waals surface area contributed by atoms with E-state index in [1.165, 1.54) is 0 Å². The summed E-state index contributed by atoms with van der Waals surface area (Å²) in [6.07, 6.45) is 0. The lowest BCUT2D eigenvalue weighted by Gasteiger charge is -2.07. The number of hydrogen-bond donors (Lipinski definition) is 1. The summed E-state index contributed by atoms with van der Waals surface area (Å²) in [7, 11) is 1.62. The second-order valence-electron chi connectivity index (χ2n) is 2.88. The Kier molecular flexibility index (Phi) is 5.98. The first-order chi connectivity index (χ1) is 7.25. The smallest absolute Gasteiger partial charge is 0.0916 e. The molecule has 5 heteroatoms. The minimum Gasteiger partial charge on any atom is -0.382 e. The summed E-state index contributed by atoms with van der Waals surface area (Å²) < 4.78 is 4.82. The second kappa shape index (κ2) is 7.04. The third-order valence-corrected chi connectivity index (χ3v) is 2.64. The molecule has 0 unspecified atom stereocenters. The molecule has 0 radical (unpaired) electrons. The summed E-state index contributed by atoms with van der Waals surface area (Å²) in [6.45, 7) is 1.56. The zero-order valence-corrected chi connectivity index (χ0v) is 9.94. The highest BCUT2D eigenvalue weighted by atomic mass is 35.5. The molecular formula is C10H13Cl2NO2. The Morgan fingerprint density at radius 1 is 1.27 bits per heavy atom. The van der Waals surface area contributed by atoms with Crippen molar-refractivity contribution in [3.8, 4) is 0 Å². The molecule has 0 aromatic heterocycles. The first kappa shape index (κ1) is 12.7. The van der Waals surface area contributed by atoms with Gasteiger partial charge in [-0.25, -0.2) is 0 Å². The molecule has 0 bridgehead atoms. The molecule has 0 aliphatic carbocycles. The van der Waals surface area contributed by atoms with Gasteiger partial charge in [-0.3, -0.25) is 4.84 Å². The number of benzene rings is 1. The quantitative estimate of drug-likeness (QED) is 0.622. The van der Waals surface area contributed by atoms with E-state index in [0.717, 1.165) is 5.56 Å². The molecule has 15 heavy (non-hydrogen) atoms. The van der Waals surface area contributed by atoms with E-state index in [-0.39, 0.29) is 0 Å². The highest BCUT2D eigenvalue weighted by molar-refractivity contribution is 6.42. The van der Waals surface area contributed by atoms with E-state index in [2.05, 4.69) is 5.48 Å². The van der Waals surface area contributed by atoms with Gasteiger partial charge in [-0.15, -0.1) is 0 Å². The van der Waals surface area contributed by atoms with Gasteiger partial charge in [-0.2, -0.15) is 5.48 Å². The van der Waals surface area contributed by atoms with Crippen LogP contribution in [0.1, 0.15) is 5.56 Å². The van der Waals surface area contributed by atoms with E-state index in [9.17, 15) is 0 Å². The standard InChI is InChI=1S/C10H13Cl2NO2/c1-14-5-6-15-13-7-8-3-2-4-9(11)10(8)12/h2-4,13H,5-7H2,1H3. The first-order valence-electron chi connectivity index (χ1n) is 4.52. The molecule has 0 aliphatic heterocycles. The molecule has 0 spiro atoms. The van der Waals surface area contributed by atoms with Crippen molar-refractivity contribution >= 4 is 23.2 Å². The van der Waals surface area contributed by atoms with Crippen LogP contribution in [0.25, 0.3) is 0 Å². The van der Waals surface area contributed by atoms with Crippen LogP contribution in [0.4, 0.5) is 0 Å². The molecule has 0 heterocycles. The van der Waals surface area contributed by atoms with Crippen LogP contribution in [0, 0.1) is 0 Å². The van der Waals surface area contributed by atoms with Crippen molar-refractivity contribution in [2.24, 2.45) is 0 Å². The van der Waals surface area contributed by atoms with Crippen molar-refractivity contribution in [3.63, 3.8) is 0 Å². The Morgan fingerprint density at radius 3 is 2.80 bits per heavy atom. The normalized spacial score (nSPS) is 10.6. The van der Waals surface area contributed by atoms with Gasteiger partial charge in [0, 0.05) is 13.7 Å². The van der Waals surface area contributed by atoms with Crippen LogP contribution in [-0.2, 0) is 16.1 Å². The maximum atomic E-state index is 5.98. The van der Waals surface area contributed by atoms with E-state index < -0.39 is 0 Å². The van der Waals surface area contributed by atoms with E-state index >= 15 is 0 Å². The summed E-state index contributed by atoms with van der Waals surface area (Å²) in [5.41, 5.74) is 3.69. The molecule has 1 aromatic rings. The minimum absolute atomic E-state index is 0.495. The summed E-state index contributed by atoms with van der Waals surface area (Å²) >= 11 is 11.8. The van der Waals surface area contributed by atoms with Gasteiger partial charge in [0.15, 0.2) is 0 Å². The van der Waals surface area contributed by atoms with Crippen molar-refractivity contribution in [2.45, 2.75) is 6.54 Å². The summed E-state index contributed by atoms with van der Waals surface area (Å²) in [6, 6.07) is 5.49. The Morgan fingerprint density at radius 2 is 2.07 bits per heavy atom. The summed E-state index contributed by atoms with van der Waals surface area (Å²) in [4.78, 5) is 5.10. The fourth-order valence-electron chi connectivity index (χ4n) is 1.01. The average Bonchev–Trinajstić information content (AvgIpc) is 2.24. The maximum absolute atomic E-state index is 5.98. The largest absolute Gasteiger partial charge is 0.382 e. The maximum Gasteiger partial charge on any atom is 0.0916 e. The Hall–Kier alpha value is -0.320. The highest BCUT2D eigenvalue weighted by Crippen LogP contribution is 2.25. The molecule has 1 N–H and O–H groups in total. The Balaban J connectivity index is 2.34. The number of ether oxygens (including phenoxy) is 1. The third kappa shape index (κ3) is 4.36. The van der Waals surface area contributed by atoms with Gasteiger partial charge in [-0.05, 0) is 11.6 Å². The molecule has 0 amide bonds. The zero-order valence-electron chi connectivity index (χ0n) is 8.43. The van der Waals surface area contributed by atoms with E-state index in [4.69, 9.17) is 32.8 Å². The van der Waals surface area contributed by atoms with Crippen LogP contribution in [0.15, 0.2) is 18.2 Å². The SMILES string of the molecule is COCCONCc1cccc(Cl)c1Cl. The van der Waals surface area contributed by atoms with Gasteiger partial charge in [0.05, 0.1) is 23.3 Å². The molecule has 1 rings (SSSR count). The van der Waals surface area contributed by atoms with Gasteiger partial charge in [-0.1, -0.05) is 35.3 Å². The molecule has 0 saturated carbocycles. The van der Waals surface area contributed by atoms with Crippen LogP contribution in [0.2, 0.25) is 10.0 Å². The first-order valence-corrected chi connectivity index (χ1v) is 5.27. The van der Waals surface area contributed by atoms with Crippen molar-refractivity contribution in [2.75, 3.05) is 20.3 Å². The molecule has 84 valence electrons. The molecule has 1 aromatic carbocycles. The predicted molar refractivity (Wildman–Crippen MR) is 61.1 cm³/mol. The lowest BCUT2D eigenvalue weighted by molar-refractivity contribution is 0.00348. The zero-order chi connectivity index (χ0) is 11.1. The van der Waals surface area contributed by atoms with Crippen LogP contribution in [-0.4, -0.2) is 20.3 Å². The topological polar surface area (TPSA) is 30.5 Å². The Bertz CT molecular complexity index is 307. The fraction of sp³-hybridized carbons (Fsp3) is 0.400. The van der Waals surface area contributed by atoms with E-state index in [1.54, 1.807) is 13.2 Å². The van der Waals surface area contributed by atoms with Crippen LogP contribution < -0.4 is 5.48 Å². The van der Waals surface area contributed by atoms with Gasteiger partial charge in [0.25, 0.3) is 0 Å². The van der Waals surface area contributed by atoms with Gasteiger partial charge in [0.2, 0.25) is 0 Å². The van der Waals surface area contributed by atoms with E-state index in [0.29, 0.717) is 29.8 Å². The molecule has 3 nitrogen and oxygen atoms in total. The van der Waals surface area contributed by atoms with Crippen LogP contribution >= 0.6 is 23.2 Å². The minimum atomic E-state index is 0.495. The summed E-state index contributed by atoms with van der Waals surface area (Å²) in [5, 5.41) is 1.11. The second-order valence-corrected chi connectivity index (χ2v) is 3.66. The fourth-order valence-corrected chi connectivity index (χ4v) is 1.40. The number of halogens is 2. The van der Waals surface area contributed by atoms with Crippen molar-refractivity contribution in [3.05, 3.63) is 33.8 Å². The molecule has 0 fully saturated rings. The Labute approximate surface area is 99.2 Å². The number of methoxy groups -OCH3 is 1. The van der Waals surface area contributed by atoms with Crippen molar-refractivity contribution < 1.29 is 9.57 Å². The number of nitrogens with one attached hydrogen (secondary N) is 1. The number of hydrogen-bond acceptors (Lipinski definition) is 3. The number of hydroxylamine groups is 1. The van der Waals surface area contributed by atoms with Crippen molar-refractivity contribution in [1.82, 2.24) is 5.48 Å². The monoisotopic (exact) mass is 249 g/mol. The lowest BCUT2D eigenvalue weighted by Crippen LogP contribution is -2.17. The number of rotatable bonds is 6. The van der Waals surface area contributed by atoms with Gasteiger partial charge < -0.3 is 4.74 Å². The average molecular weight is 250 g/mol. The molecule has 0 atom stereocenters. The molecular weight excluding hydrogens is 237 g/mol. The van der Waals surface area contributed by atoms with E-state index in [1.807, 2.05) is 12.1 Å². The summed E-state index contributed by atoms with van der Waals surface area (Å²) in [5.74, 6) is 0. The van der Waals surface area contributed by atoms with Crippen LogP contribution in [0.3, 0.4) is 0 Å². The predicted octanol–water partition coefficient (Wildman–Crippen LogP) is 2.66. The third-order valence-electron chi connectivity index (χ3n) is 1.79. The highest BCUT2D eigenvalue weighted by Gasteiger charge is 2.03. The van der Waals surface area contributed by atoms with Gasteiger partial charge >= 0.3 is 0 Å².